The van der Waals surface area contributed by atoms with Gasteiger partial charge in [0.05, 0.1) is 18.8 Å². The quantitative estimate of drug-likeness (QED) is 0.0409. The fourth-order valence-electron chi connectivity index (χ4n) is 5.43. The Kier molecular flexibility index (Phi) is 35.3. The molecule has 0 aromatic carbocycles. The molecule has 0 aromatic rings. The molecule has 0 fully saturated rings. The molecule has 5 nitrogen and oxygen atoms in total. The molecule has 0 aliphatic rings. The van der Waals surface area contributed by atoms with E-state index in [1.807, 2.05) is 12.2 Å². The first kappa shape index (κ1) is 45.0. The molecule has 0 bridgehead atoms. The van der Waals surface area contributed by atoms with Crippen LogP contribution in [0, 0.1) is 0 Å². The third kappa shape index (κ3) is 32.4. The highest BCUT2D eigenvalue weighted by molar-refractivity contribution is 5.81. The molecule has 1 amide bonds. The molecule has 0 saturated carbocycles. The van der Waals surface area contributed by atoms with Crippen LogP contribution < -0.4 is 5.32 Å². The molecule has 0 radical (unpaired) electrons. The second-order valence-corrected chi connectivity index (χ2v) is 13.1. The number of unbranched alkanes of at least 4 members (excludes halogenated alkanes) is 19. The summed E-state index contributed by atoms with van der Waals surface area (Å²) in [5.41, 5.74) is 0. The first-order chi connectivity index (χ1) is 23.1. The van der Waals surface area contributed by atoms with Gasteiger partial charge in [-0.1, -0.05) is 171 Å². The van der Waals surface area contributed by atoms with E-state index in [-0.39, 0.29) is 6.42 Å². The first-order valence-corrected chi connectivity index (χ1v) is 19.6. The van der Waals surface area contributed by atoms with Gasteiger partial charge in [0.2, 0.25) is 5.91 Å². The molecule has 0 heterocycles. The standard InChI is InChI=1S/C42H75NO4/c1-3-5-7-9-11-13-15-17-18-19-20-21-22-23-24-25-27-28-30-32-34-36-40(45)39(38-44)43-42(47)41(46)37-35-33-31-29-26-16-14-12-10-8-6-4-2/h22-23,26-29,33-36,39-41,44-46H,3-21,24-25,30-32,37-38H2,1-2H3,(H,43,47)/b23-22+,28-27+,29-26-,35-33-,36-34+. The fourth-order valence-corrected chi connectivity index (χ4v) is 5.43. The Hall–Kier alpha value is -1.95. The van der Waals surface area contributed by atoms with Crippen molar-refractivity contribution in [3.63, 3.8) is 0 Å². The van der Waals surface area contributed by atoms with Crippen molar-refractivity contribution in [2.75, 3.05) is 6.61 Å². The molecule has 0 rings (SSSR count). The molecule has 5 heteroatoms. The van der Waals surface area contributed by atoms with E-state index in [0.29, 0.717) is 0 Å². The van der Waals surface area contributed by atoms with E-state index in [1.54, 1.807) is 12.2 Å². The Labute approximate surface area is 290 Å². The molecule has 0 aliphatic carbocycles. The number of amides is 1. The lowest BCUT2D eigenvalue weighted by Crippen LogP contribution is -2.48. The van der Waals surface area contributed by atoms with Crippen molar-refractivity contribution in [1.29, 1.82) is 0 Å². The molecule has 0 aromatic heterocycles. The van der Waals surface area contributed by atoms with Crippen LogP contribution in [0.3, 0.4) is 0 Å². The summed E-state index contributed by atoms with van der Waals surface area (Å²) < 4.78 is 0. The van der Waals surface area contributed by atoms with Crippen molar-refractivity contribution in [2.45, 2.75) is 193 Å². The van der Waals surface area contributed by atoms with Crippen LogP contribution in [0.2, 0.25) is 0 Å². The molecule has 3 unspecified atom stereocenters. The minimum absolute atomic E-state index is 0.197. The minimum atomic E-state index is -1.21. The van der Waals surface area contributed by atoms with Crippen LogP contribution >= 0.6 is 0 Å². The molecular formula is C42H75NO4. The summed E-state index contributed by atoms with van der Waals surface area (Å²) in [5, 5.41) is 32.8. The SMILES string of the molecule is CCCCCCCC/C=C\C/C=C\CC(O)C(=O)NC(CO)C(O)/C=C/CC/C=C/CC/C=C/CCCCCCCCCCCCC. The van der Waals surface area contributed by atoms with Crippen LogP contribution in [0.1, 0.15) is 174 Å². The lowest BCUT2D eigenvalue weighted by Gasteiger charge is -2.21. The van der Waals surface area contributed by atoms with E-state index < -0.39 is 30.8 Å². The van der Waals surface area contributed by atoms with Gasteiger partial charge in [0, 0.05) is 6.42 Å². The molecule has 3 atom stereocenters. The van der Waals surface area contributed by atoms with Crippen LogP contribution in [0.5, 0.6) is 0 Å². The largest absolute Gasteiger partial charge is 0.394 e. The van der Waals surface area contributed by atoms with Crippen LogP contribution in [-0.4, -0.2) is 46.1 Å². The van der Waals surface area contributed by atoms with Crippen LogP contribution in [0.25, 0.3) is 0 Å². The number of aliphatic hydroxyl groups excluding tert-OH is 3. The van der Waals surface area contributed by atoms with E-state index in [2.05, 4.69) is 55.6 Å². The van der Waals surface area contributed by atoms with Crippen molar-refractivity contribution in [3.8, 4) is 0 Å². The molecule has 0 aliphatic heterocycles. The van der Waals surface area contributed by atoms with Crippen molar-refractivity contribution in [3.05, 3.63) is 60.8 Å². The van der Waals surface area contributed by atoms with Crippen LogP contribution in [-0.2, 0) is 4.79 Å². The zero-order valence-corrected chi connectivity index (χ0v) is 30.6. The maximum atomic E-state index is 12.3. The van der Waals surface area contributed by atoms with Crippen molar-refractivity contribution in [1.82, 2.24) is 5.32 Å². The van der Waals surface area contributed by atoms with E-state index in [9.17, 15) is 20.1 Å². The highest BCUT2D eigenvalue weighted by atomic mass is 16.3. The number of aliphatic hydroxyl groups is 3. The van der Waals surface area contributed by atoms with Gasteiger partial charge < -0.3 is 20.6 Å². The smallest absolute Gasteiger partial charge is 0.249 e. The lowest BCUT2D eigenvalue weighted by molar-refractivity contribution is -0.131. The molecule has 272 valence electrons. The van der Waals surface area contributed by atoms with Crippen molar-refractivity contribution in [2.24, 2.45) is 0 Å². The number of carbonyl (C=O) groups is 1. The Balaban J connectivity index is 3.87. The molecule has 4 N–H and O–H groups in total. The average Bonchev–Trinajstić information content (AvgIpc) is 3.07. The van der Waals surface area contributed by atoms with Crippen molar-refractivity contribution >= 4 is 5.91 Å². The number of rotatable bonds is 34. The van der Waals surface area contributed by atoms with Gasteiger partial charge in [-0.2, -0.15) is 0 Å². The number of hydrogen-bond acceptors (Lipinski definition) is 4. The molecule has 0 saturated heterocycles. The van der Waals surface area contributed by atoms with Gasteiger partial charge in [-0.05, 0) is 57.8 Å². The molecule has 47 heavy (non-hydrogen) atoms. The Bertz CT molecular complexity index is 815. The summed E-state index contributed by atoms with van der Waals surface area (Å²) >= 11 is 0. The van der Waals surface area contributed by atoms with E-state index in [4.69, 9.17) is 0 Å². The van der Waals surface area contributed by atoms with Crippen LogP contribution in [0.4, 0.5) is 0 Å². The number of hydrogen-bond donors (Lipinski definition) is 4. The fraction of sp³-hybridized carbons (Fsp3) is 0.738. The summed E-state index contributed by atoms with van der Waals surface area (Å²) in [6.45, 7) is 4.10. The first-order valence-electron chi connectivity index (χ1n) is 19.6. The number of allylic oxidation sites excluding steroid dienone is 8. The normalized spacial score (nSPS) is 14.4. The highest BCUT2D eigenvalue weighted by Crippen LogP contribution is 2.12. The predicted octanol–water partition coefficient (Wildman–Crippen LogP) is 10.8. The summed E-state index contributed by atoms with van der Waals surface area (Å²) in [6.07, 6.45) is 48.4. The Morgan fingerprint density at radius 2 is 0.936 bits per heavy atom. The van der Waals surface area contributed by atoms with E-state index in [1.165, 1.54) is 116 Å². The maximum absolute atomic E-state index is 12.3. The van der Waals surface area contributed by atoms with Crippen LogP contribution in [0.15, 0.2) is 60.8 Å². The second-order valence-electron chi connectivity index (χ2n) is 13.1. The zero-order chi connectivity index (χ0) is 34.5. The topological polar surface area (TPSA) is 89.8 Å². The summed E-state index contributed by atoms with van der Waals surface area (Å²) in [6, 6.07) is -0.852. The predicted molar refractivity (Wildman–Crippen MR) is 204 cm³/mol. The van der Waals surface area contributed by atoms with E-state index in [0.717, 1.165) is 38.5 Å². The monoisotopic (exact) mass is 658 g/mol. The zero-order valence-electron chi connectivity index (χ0n) is 30.6. The third-order valence-electron chi connectivity index (χ3n) is 8.57. The molecule has 0 spiro atoms. The Morgan fingerprint density at radius 3 is 1.43 bits per heavy atom. The minimum Gasteiger partial charge on any atom is -0.394 e. The van der Waals surface area contributed by atoms with Gasteiger partial charge in [0.1, 0.15) is 6.10 Å². The summed E-state index contributed by atoms with van der Waals surface area (Å²) in [7, 11) is 0. The van der Waals surface area contributed by atoms with Gasteiger partial charge in [-0.3, -0.25) is 4.79 Å². The number of nitrogens with one attached hydrogen (secondary N) is 1. The van der Waals surface area contributed by atoms with Gasteiger partial charge >= 0.3 is 0 Å². The Morgan fingerprint density at radius 1 is 0.532 bits per heavy atom. The van der Waals surface area contributed by atoms with Gasteiger partial charge in [-0.25, -0.2) is 0 Å². The molecular weight excluding hydrogens is 582 g/mol. The average molecular weight is 658 g/mol. The van der Waals surface area contributed by atoms with Gasteiger partial charge in [0.15, 0.2) is 0 Å². The second kappa shape index (κ2) is 36.9. The third-order valence-corrected chi connectivity index (χ3v) is 8.57. The summed E-state index contributed by atoms with van der Waals surface area (Å²) in [4.78, 5) is 12.3. The maximum Gasteiger partial charge on any atom is 0.249 e. The van der Waals surface area contributed by atoms with E-state index >= 15 is 0 Å². The summed E-state index contributed by atoms with van der Waals surface area (Å²) in [5.74, 6) is -0.587. The lowest BCUT2D eigenvalue weighted by atomic mass is 10.1. The highest BCUT2D eigenvalue weighted by Gasteiger charge is 2.22. The number of carbonyl (C=O) groups excluding carboxylic acids is 1. The van der Waals surface area contributed by atoms with Crippen molar-refractivity contribution < 1.29 is 20.1 Å². The van der Waals surface area contributed by atoms with Gasteiger partial charge in [0.25, 0.3) is 0 Å². The van der Waals surface area contributed by atoms with Gasteiger partial charge in [-0.15, -0.1) is 0 Å².